The Bertz CT molecular complexity index is 420. The summed E-state index contributed by atoms with van der Waals surface area (Å²) in [4.78, 5) is 16.3. The molecule has 1 aromatic heterocycles. The van der Waals surface area contributed by atoms with Crippen LogP contribution in [0.25, 0.3) is 0 Å². The van der Waals surface area contributed by atoms with E-state index in [9.17, 15) is 4.79 Å². The van der Waals surface area contributed by atoms with E-state index in [0.29, 0.717) is 0 Å². The van der Waals surface area contributed by atoms with E-state index in [1.165, 1.54) is 12.8 Å². The highest BCUT2D eigenvalue weighted by atomic mass is 16.1. The largest absolute Gasteiger partial charge is 0.289 e. The Morgan fingerprint density at radius 2 is 2.19 bits per heavy atom. The van der Waals surface area contributed by atoms with Gasteiger partial charge in [0.15, 0.2) is 5.78 Å². The number of hydrogen-bond acceptors (Lipinski definition) is 2. The highest BCUT2D eigenvalue weighted by Gasteiger charge is 2.15. The van der Waals surface area contributed by atoms with Crippen molar-refractivity contribution in [1.29, 1.82) is 0 Å². The fraction of sp³-hybridized carbons (Fsp3) is 0.429. The van der Waals surface area contributed by atoms with Crippen LogP contribution in [0.4, 0.5) is 0 Å². The minimum absolute atomic E-state index is 0.196. The molecule has 0 fully saturated rings. The van der Waals surface area contributed by atoms with Gasteiger partial charge in [0, 0.05) is 18.0 Å². The Morgan fingerprint density at radius 1 is 1.31 bits per heavy atom. The molecule has 0 unspecified atom stereocenters. The summed E-state index contributed by atoms with van der Waals surface area (Å²) in [5.41, 5.74) is 2.77. The van der Waals surface area contributed by atoms with Crippen molar-refractivity contribution in [1.82, 2.24) is 4.98 Å². The summed E-state index contributed by atoms with van der Waals surface area (Å²) in [5, 5.41) is 0. The average Bonchev–Trinajstić information content (AvgIpc) is 2.57. The van der Waals surface area contributed by atoms with Gasteiger partial charge in [0.2, 0.25) is 0 Å². The third-order valence-electron chi connectivity index (χ3n) is 3.10. The first-order valence-corrected chi connectivity index (χ1v) is 5.93. The van der Waals surface area contributed by atoms with Crippen molar-refractivity contribution in [3.8, 4) is 0 Å². The predicted molar refractivity (Wildman–Crippen MR) is 64.5 cm³/mol. The summed E-state index contributed by atoms with van der Waals surface area (Å²) in [7, 11) is 0. The average molecular weight is 215 g/mol. The molecule has 0 atom stereocenters. The van der Waals surface area contributed by atoms with E-state index in [-0.39, 0.29) is 5.78 Å². The molecule has 84 valence electrons. The number of allylic oxidation sites excluding steroid dienone is 2. The highest BCUT2D eigenvalue weighted by Crippen LogP contribution is 2.21. The molecule has 0 aromatic carbocycles. The molecule has 0 aliphatic heterocycles. The van der Waals surface area contributed by atoms with Gasteiger partial charge in [-0.15, -0.1) is 0 Å². The highest BCUT2D eigenvalue weighted by molar-refractivity contribution is 6.09. The first-order chi connectivity index (χ1) is 7.79. The molecule has 1 aromatic rings. The smallest absolute Gasteiger partial charge is 0.189 e. The Kier molecular flexibility index (Phi) is 3.50. The van der Waals surface area contributed by atoms with Crippen LogP contribution in [-0.2, 0) is 0 Å². The molecular weight excluding hydrogens is 198 g/mol. The summed E-state index contributed by atoms with van der Waals surface area (Å²) in [6.07, 6.45) is 11.1. The molecule has 0 N–H and O–H groups in total. The number of nitrogens with zero attached hydrogens (tertiary/aromatic N) is 1. The standard InChI is InChI=1S/C14H17NO/c1-11-10-15-9-8-13(11)14(16)12-6-4-2-3-5-7-12/h6,8-10H,2-5,7H2,1H3. The first-order valence-electron chi connectivity index (χ1n) is 5.93. The molecular formula is C14H17NO. The normalized spacial score (nSPS) is 16.4. The number of carbonyl (C=O) groups is 1. The van der Waals surface area contributed by atoms with E-state index in [1.54, 1.807) is 12.4 Å². The van der Waals surface area contributed by atoms with Crippen LogP contribution < -0.4 is 0 Å². The number of rotatable bonds is 2. The molecule has 1 heterocycles. The molecule has 1 aliphatic carbocycles. The second-order valence-electron chi connectivity index (χ2n) is 4.35. The topological polar surface area (TPSA) is 30.0 Å². The lowest BCUT2D eigenvalue weighted by Gasteiger charge is -2.06. The van der Waals surface area contributed by atoms with Gasteiger partial charge in [-0.1, -0.05) is 12.5 Å². The van der Waals surface area contributed by atoms with Gasteiger partial charge in [0.25, 0.3) is 0 Å². The van der Waals surface area contributed by atoms with Gasteiger partial charge < -0.3 is 0 Å². The van der Waals surface area contributed by atoms with E-state index in [2.05, 4.69) is 11.1 Å². The van der Waals surface area contributed by atoms with Gasteiger partial charge in [-0.05, 0) is 49.8 Å². The van der Waals surface area contributed by atoms with E-state index in [4.69, 9.17) is 0 Å². The van der Waals surface area contributed by atoms with Crippen molar-refractivity contribution in [2.24, 2.45) is 0 Å². The summed E-state index contributed by atoms with van der Waals surface area (Å²) >= 11 is 0. The quantitative estimate of drug-likeness (QED) is 0.707. The van der Waals surface area contributed by atoms with Crippen LogP contribution >= 0.6 is 0 Å². The maximum Gasteiger partial charge on any atom is 0.189 e. The molecule has 0 saturated carbocycles. The molecule has 0 saturated heterocycles. The van der Waals surface area contributed by atoms with Crippen molar-refractivity contribution in [3.05, 3.63) is 41.2 Å². The number of carbonyl (C=O) groups excluding carboxylic acids is 1. The number of aromatic nitrogens is 1. The van der Waals surface area contributed by atoms with Gasteiger partial charge in [-0.3, -0.25) is 9.78 Å². The number of ketones is 1. The van der Waals surface area contributed by atoms with Crippen molar-refractivity contribution in [3.63, 3.8) is 0 Å². The molecule has 0 bridgehead atoms. The summed E-state index contributed by atoms with van der Waals surface area (Å²) < 4.78 is 0. The molecule has 0 amide bonds. The van der Waals surface area contributed by atoms with E-state index >= 15 is 0 Å². The third kappa shape index (κ3) is 2.38. The minimum Gasteiger partial charge on any atom is -0.289 e. The van der Waals surface area contributed by atoms with Crippen LogP contribution in [0.2, 0.25) is 0 Å². The minimum atomic E-state index is 0.196. The predicted octanol–water partition coefficient (Wildman–Crippen LogP) is 3.46. The summed E-state index contributed by atoms with van der Waals surface area (Å²) in [5.74, 6) is 0.196. The zero-order valence-corrected chi connectivity index (χ0v) is 9.70. The lowest BCUT2D eigenvalue weighted by Crippen LogP contribution is -2.05. The van der Waals surface area contributed by atoms with E-state index in [1.807, 2.05) is 13.0 Å². The van der Waals surface area contributed by atoms with Crippen LogP contribution in [0.3, 0.4) is 0 Å². The number of pyridine rings is 1. The van der Waals surface area contributed by atoms with Crippen molar-refractivity contribution in [2.45, 2.75) is 39.0 Å². The molecule has 2 heteroatoms. The SMILES string of the molecule is Cc1cnccc1C(=O)C1=CCCCCC1. The Labute approximate surface area is 96.4 Å². The first kappa shape index (κ1) is 11.1. The zero-order valence-electron chi connectivity index (χ0n) is 9.70. The molecule has 0 radical (unpaired) electrons. The van der Waals surface area contributed by atoms with Crippen LogP contribution in [0.1, 0.15) is 48.0 Å². The third-order valence-corrected chi connectivity index (χ3v) is 3.10. The number of Topliss-reactive ketones (excluding diaryl/α,β-unsaturated/α-hetero) is 1. The molecule has 1 aliphatic rings. The maximum absolute atomic E-state index is 12.3. The fourth-order valence-corrected chi connectivity index (χ4v) is 2.12. The lowest BCUT2D eigenvalue weighted by molar-refractivity contribution is 0.103. The second-order valence-corrected chi connectivity index (χ2v) is 4.35. The molecule has 2 rings (SSSR count). The zero-order chi connectivity index (χ0) is 11.4. The second kappa shape index (κ2) is 5.06. The van der Waals surface area contributed by atoms with Gasteiger partial charge in [-0.25, -0.2) is 0 Å². The number of hydrogen-bond donors (Lipinski definition) is 0. The van der Waals surface area contributed by atoms with Gasteiger partial charge in [0.05, 0.1) is 0 Å². The Morgan fingerprint density at radius 3 is 3.00 bits per heavy atom. The number of aryl methyl sites for hydroxylation is 1. The maximum atomic E-state index is 12.3. The lowest BCUT2D eigenvalue weighted by atomic mass is 9.98. The summed E-state index contributed by atoms with van der Waals surface area (Å²) in [6.45, 7) is 1.94. The van der Waals surface area contributed by atoms with Crippen LogP contribution in [0.5, 0.6) is 0 Å². The van der Waals surface area contributed by atoms with Gasteiger partial charge in [0.1, 0.15) is 0 Å². The molecule has 0 spiro atoms. The monoisotopic (exact) mass is 215 g/mol. The Balaban J connectivity index is 2.24. The van der Waals surface area contributed by atoms with E-state index < -0.39 is 0 Å². The van der Waals surface area contributed by atoms with Gasteiger partial charge >= 0.3 is 0 Å². The van der Waals surface area contributed by atoms with Crippen LogP contribution in [-0.4, -0.2) is 10.8 Å². The van der Waals surface area contributed by atoms with Gasteiger partial charge in [-0.2, -0.15) is 0 Å². The van der Waals surface area contributed by atoms with Crippen LogP contribution in [0.15, 0.2) is 30.1 Å². The summed E-state index contributed by atoms with van der Waals surface area (Å²) in [6, 6.07) is 1.82. The van der Waals surface area contributed by atoms with Crippen molar-refractivity contribution >= 4 is 5.78 Å². The fourth-order valence-electron chi connectivity index (χ4n) is 2.12. The molecule has 2 nitrogen and oxygen atoms in total. The molecule has 16 heavy (non-hydrogen) atoms. The van der Waals surface area contributed by atoms with E-state index in [0.717, 1.165) is 36.0 Å². The van der Waals surface area contributed by atoms with Crippen LogP contribution in [0, 0.1) is 6.92 Å². The van der Waals surface area contributed by atoms with Crippen molar-refractivity contribution in [2.75, 3.05) is 0 Å². The van der Waals surface area contributed by atoms with Crippen molar-refractivity contribution < 1.29 is 4.79 Å². The Hall–Kier alpha value is -1.44.